The van der Waals surface area contributed by atoms with E-state index in [1.807, 2.05) is 13.8 Å². The Morgan fingerprint density at radius 2 is 2.07 bits per heavy atom. The molecule has 6 heteroatoms. The van der Waals surface area contributed by atoms with E-state index in [1.165, 1.54) is 12.1 Å². The van der Waals surface area contributed by atoms with Gasteiger partial charge in [0.05, 0.1) is 6.10 Å². The fourth-order valence-corrected chi connectivity index (χ4v) is 1.54. The van der Waals surface area contributed by atoms with Crippen LogP contribution in [0.2, 0.25) is 0 Å². The third-order valence-electron chi connectivity index (χ3n) is 1.30. The summed E-state index contributed by atoms with van der Waals surface area (Å²) in [5, 5.41) is -0.197. The summed E-state index contributed by atoms with van der Waals surface area (Å²) in [4.78, 5) is 3.74. The van der Waals surface area contributed by atoms with Gasteiger partial charge in [-0.15, -0.1) is 0 Å². The lowest BCUT2D eigenvalue weighted by Crippen LogP contribution is -2.07. The molecular weight excluding hydrogens is 226 g/mol. The molecule has 0 radical (unpaired) electrons. The highest BCUT2D eigenvalue weighted by molar-refractivity contribution is 8.13. The molecule has 0 amide bonds. The summed E-state index contributed by atoms with van der Waals surface area (Å²) in [6.07, 6.45) is -0.0595. The molecule has 14 heavy (non-hydrogen) atoms. The Bertz CT molecular complexity index is 416. The first-order valence-corrected chi connectivity index (χ1v) is 6.29. The minimum Gasteiger partial charge on any atom is -0.475 e. The summed E-state index contributed by atoms with van der Waals surface area (Å²) in [5.41, 5.74) is 0. The molecule has 0 saturated heterocycles. The minimum atomic E-state index is -3.78. The van der Waals surface area contributed by atoms with E-state index in [0.717, 1.165) is 0 Å². The number of pyridine rings is 1. The van der Waals surface area contributed by atoms with Gasteiger partial charge in [0, 0.05) is 16.7 Å². The molecule has 0 bridgehead atoms. The van der Waals surface area contributed by atoms with Crippen molar-refractivity contribution < 1.29 is 13.2 Å². The van der Waals surface area contributed by atoms with E-state index in [1.54, 1.807) is 6.07 Å². The van der Waals surface area contributed by atoms with Gasteiger partial charge in [-0.05, 0) is 19.9 Å². The van der Waals surface area contributed by atoms with Crippen LogP contribution >= 0.6 is 10.7 Å². The number of ether oxygens (including phenoxy) is 1. The first-order valence-electron chi connectivity index (χ1n) is 3.98. The van der Waals surface area contributed by atoms with E-state index in [4.69, 9.17) is 15.4 Å². The van der Waals surface area contributed by atoms with Crippen molar-refractivity contribution in [1.82, 2.24) is 4.98 Å². The fourth-order valence-electron chi connectivity index (χ4n) is 0.839. The van der Waals surface area contributed by atoms with Crippen LogP contribution in [0.25, 0.3) is 0 Å². The van der Waals surface area contributed by atoms with Crippen LogP contribution in [0.5, 0.6) is 5.88 Å². The zero-order chi connectivity index (χ0) is 10.8. The molecular formula is C8H10ClNO3S. The van der Waals surface area contributed by atoms with E-state index in [2.05, 4.69) is 4.98 Å². The van der Waals surface area contributed by atoms with E-state index < -0.39 is 9.05 Å². The summed E-state index contributed by atoms with van der Waals surface area (Å²) >= 11 is 0. The van der Waals surface area contributed by atoms with E-state index in [9.17, 15) is 8.42 Å². The molecule has 0 unspecified atom stereocenters. The second-order valence-corrected chi connectivity index (χ2v) is 5.43. The van der Waals surface area contributed by atoms with Gasteiger partial charge in [0.1, 0.15) is 0 Å². The highest BCUT2D eigenvalue weighted by atomic mass is 35.7. The monoisotopic (exact) mass is 235 g/mol. The average Bonchev–Trinajstić information content (AvgIpc) is 2.01. The van der Waals surface area contributed by atoms with Gasteiger partial charge < -0.3 is 4.74 Å². The van der Waals surface area contributed by atoms with Crippen LogP contribution in [0.4, 0.5) is 0 Å². The molecule has 0 N–H and O–H groups in total. The topological polar surface area (TPSA) is 56.3 Å². The Kier molecular flexibility index (Phi) is 3.34. The summed E-state index contributed by atoms with van der Waals surface area (Å²) in [6.45, 7) is 3.65. The van der Waals surface area contributed by atoms with Crippen molar-refractivity contribution >= 4 is 19.7 Å². The standard InChI is InChI=1S/C8H10ClNO3S/c1-6(2)13-7-4-3-5-8(10-7)14(9,11)12/h3-6H,1-2H3. The molecule has 1 aromatic heterocycles. The zero-order valence-electron chi connectivity index (χ0n) is 7.77. The van der Waals surface area contributed by atoms with E-state index >= 15 is 0 Å². The maximum absolute atomic E-state index is 10.9. The van der Waals surface area contributed by atoms with Gasteiger partial charge in [-0.2, -0.15) is 0 Å². The van der Waals surface area contributed by atoms with Crippen LogP contribution in [-0.4, -0.2) is 19.5 Å². The van der Waals surface area contributed by atoms with Crippen LogP contribution in [0.15, 0.2) is 23.2 Å². The summed E-state index contributed by atoms with van der Waals surface area (Å²) < 4.78 is 27.1. The van der Waals surface area contributed by atoms with Gasteiger partial charge in [0.2, 0.25) is 5.88 Å². The predicted octanol–water partition coefficient (Wildman–Crippen LogP) is 1.80. The maximum Gasteiger partial charge on any atom is 0.278 e. The largest absolute Gasteiger partial charge is 0.475 e. The van der Waals surface area contributed by atoms with Gasteiger partial charge >= 0.3 is 0 Å². The first kappa shape index (κ1) is 11.3. The Morgan fingerprint density at radius 1 is 1.43 bits per heavy atom. The highest BCUT2D eigenvalue weighted by Gasteiger charge is 2.12. The molecule has 1 aromatic rings. The van der Waals surface area contributed by atoms with Crippen LogP contribution < -0.4 is 4.74 Å². The van der Waals surface area contributed by atoms with Crippen LogP contribution in [-0.2, 0) is 9.05 Å². The van der Waals surface area contributed by atoms with Gasteiger partial charge in [-0.3, -0.25) is 0 Å². The van der Waals surface area contributed by atoms with Crippen LogP contribution in [0, 0.1) is 0 Å². The average molecular weight is 236 g/mol. The molecule has 0 aromatic carbocycles. The van der Waals surface area contributed by atoms with Gasteiger partial charge in [0.15, 0.2) is 5.03 Å². The summed E-state index contributed by atoms with van der Waals surface area (Å²) in [6, 6.07) is 4.42. The predicted molar refractivity (Wildman–Crippen MR) is 53.0 cm³/mol. The number of halogens is 1. The lowest BCUT2D eigenvalue weighted by Gasteiger charge is -2.08. The number of nitrogens with zero attached hydrogens (tertiary/aromatic N) is 1. The van der Waals surface area contributed by atoms with E-state index in [0.29, 0.717) is 0 Å². The molecule has 0 atom stereocenters. The SMILES string of the molecule is CC(C)Oc1cccc(S(=O)(=O)Cl)n1. The third-order valence-corrected chi connectivity index (χ3v) is 2.51. The molecule has 0 fully saturated rings. The van der Waals surface area contributed by atoms with Crippen molar-refractivity contribution in [1.29, 1.82) is 0 Å². The van der Waals surface area contributed by atoms with Gasteiger partial charge in [-0.25, -0.2) is 13.4 Å². The number of hydrogen-bond acceptors (Lipinski definition) is 4. The second kappa shape index (κ2) is 4.14. The molecule has 0 aliphatic rings. The van der Waals surface area contributed by atoms with Crippen molar-refractivity contribution in [2.24, 2.45) is 0 Å². The van der Waals surface area contributed by atoms with Crippen molar-refractivity contribution in [3.63, 3.8) is 0 Å². The summed E-state index contributed by atoms with van der Waals surface area (Å²) in [7, 11) is 1.34. The first-order chi connectivity index (χ1) is 6.39. The third kappa shape index (κ3) is 3.16. The van der Waals surface area contributed by atoms with Crippen molar-refractivity contribution in [2.45, 2.75) is 25.0 Å². The number of rotatable bonds is 3. The van der Waals surface area contributed by atoms with Crippen LogP contribution in [0.1, 0.15) is 13.8 Å². The minimum absolute atomic E-state index is 0.0595. The lowest BCUT2D eigenvalue weighted by atomic mass is 10.4. The molecule has 4 nitrogen and oxygen atoms in total. The molecule has 0 aliphatic carbocycles. The Labute approximate surface area is 87.3 Å². The number of aromatic nitrogens is 1. The second-order valence-electron chi connectivity index (χ2n) is 2.92. The molecule has 78 valence electrons. The lowest BCUT2D eigenvalue weighted by molar-refractivity contribution is 0.231. The molecule has 1 rings (SSSR count). The summed E-state index contributed by atoms with van der Waals surface area (Å²) in [5.74, 6) is 0.252. The Balaban J connectivity index is 3.02. The number of hydrogen-bond donors (Lipinski definition) is 0. The maximum atomic E-state index is 10.9. The van der Waals surface area contributed by atoms with Crippen molar-refractivity contribution in [3.05, 3.63) is 18.2 Å². The Morgan fingerprint density at radius 3 is 2.57 bits per heavy atom. The molecule has 0 saturated carbocycles. The Hall–Kier alpha value is -0.810. The van der Waals surface area contributed by atoms with Gasteiger partial charge in [0.25, 0.3) is 9.05 Å². The van der Waals surface area contributed by atoms with Crippen molar-refractivity contribution in [3.8, 4) is 5.88 Å². The van der Waals surface area contributed by atoms with Crippen LogP contribution in [0.3, 0.4) is 0 Å². The van der Waals surface area contributed by atoms with E-state index in [-0.39, 0.29) is 17.0 Å². The highest BCUT2D eigenvalue weighted by Crippen LogP contribution is 2.16. The normalized spacial score (nSPS) is 11.7. The molecule has 0 aliphatic heterocycles. The molecule has 1 heterocycles. The smallest absolute Gasteiger partial charge is 0.278 e. The van der Waals surface area contributed by atoms with Gasteiger partial charge in [-0.1, -0.05) is 6.07 Å². The molecule has 0 spiro atoms. The quantitative estimate of drug-likeness (QED) is 0.750. The zero-order valence-corrected chi connectivity index (χ0v) is 9.34. The van der Waals surface area contributed by atoms with Crippen molar-refractivity contribution in [2.75, 3.05) is 0 Å². The fraction of sp³-hybridized carbons (Fsp3) is 0.375.